The molecule has 0 bridgehead atoms. The predicted octanol–water partition coefficient (Wildman–Crippen LogP) is 4.92. The number of ketones is 1. The van der Waals surface area contributed by atoms with Crippen molar-refractivity contribution in [2.45, 2.75) is 6.54 Å². The molecule has 160 valence electrons. The van der Waals surface area contributed by atoms with Gasteiger partial charge in [0.2, 0.25) is 5.89 Å². The number of nitrogens with zero attached hydrogens (tertiary/aromatic N) is 1. The Morgan fingerprint density at radius 2 is 1.66 bits per heavy atom. The van der Waals surface area contributed by atoms with E-state index in [0.29, 0.717) is 33.5 Å². The Morgan fingerprint density at radius 1 is 0.938 bits per heavy atom. The van der Waals surface area contributed by atoms with Gasteiger partial charge in [-0.25, -0.2) is 4.98 Å². The largest absolute Gasteiger partial charge is 0.484 e. The molecule has 1 amide bonds. The number of hydrogen-bond donors (Lipinski definition) is 1. The van der Waals surface area contributed by atoms with Crippen LogP contribution < -0.4 is 10.1 Å². The lowest BCUT2D eigenvalue weighted by Crippen LogP contribution is -2.28. The van der Waals surface area contributed by atoms with Crippen molar-refractivity contribution in [1.82, 2.24) is 10.3 Å². The maximum absolute atomic E-state index is 12.6. The number of nitrogens with one attached hydrogen (secondary N) is 1. The normalized spacial score (nSPS) is 10.5. The molecule has 4 rings (SSSR count). The van der Waals surface area contributed by atoms with E-state index in [4.69, 9.17) is 20.8 Å². The van der Waals surface area contributed by atoms with E-state index in [1.165, 1.54) is 6.26 Å². The summed E-state index contributed by atoms with van der Waals surface area (Å²) in [6, 6.07) is 22.9. The number of halogens is 1. The van der Waals surface area contributed by atoms with Gasteiger partial charge in [0.1, 0.15) is 12.0 Å². The van der Waals surface area contributed by atoms with E-state index < -0.39 is 0 Å². The van der Waals surface area contributed by atoms with Crippen molar-refractivity contribution in [3.05, 3.63) is 107 Å². The number of amides is 1. The molecule has 0 fully saturated rings. The lowest BCUT2D eigenvalue weighted by atomic mass is 10.0. The molecule has 0 unspecified atom stereocenters. The fraction of sp³-hybridized carbons (Fsp3) is 0.0800. The van der Waals surface area contributed by atoms with Gasteiger partial charge in [-0.05, 0) is 48.5 Å². The molecule has 0 saturated carbocycles. The van der Waals surface area contributed by atoms with Crippen molar-refractivity contribution in [1.29, 1.82) is 0 Å². The number of benzene rings is 3. The van der Waals surface area contributed by atoms with E-state index in [1.807, 2.05) is 30.3 Å². The van der Waals surface area contributed by atoms with Gasteiger partial charge in [-0.1, -0.05) is 41.9 Å². The van der Waals surface area contributed by atoms with E-state index in [9.17, 15) is 9.59 Å². The molecule has 4 aromatic rings. The molecule has 3 aromatic carbocycles. The van der Waals surface area contributed by atoms with Crippen LogP contribution in [0.15, 0.2) is 89.5 Å². The third-order valence-corrected chi connectivity index (χ3v) is 4.97. The Kier molecular flexibility index (Phi) is 6.63. The minimum Gasteiger partial charge on any atom is -0.484 e. The number of hydrogen-bond acceptors (Lipinski definition) is 5. The van der Waals surface area contributed by atoms with Crippen LogP contribution in [0.1, 0.15) is 21.6 Å². The van der Waals surface area contributed by atoms with Gasteiger partial charge in [-0.3, -0.25) is 9.59 Å². The number of aromatic nitrogens is 1. The highest BCUT2D eigenvalue weighted by Crippen LogP contribution is 2.21. The molecular weight excluding hydrogens is 428 g/mol. The first-order chi connectivity index (χ1) is 15.6. The van der Waals surface area contributed by atoms with E-state index in [1.54, 1.807) is 48.5 Å². The first-order valence-electron chi connectivity index (χ1n) is 9.89. The van der Waals surface area contributed by atoms with Crippen LogP contribution in [0.25, 0.3) is 11.5 Å². The summed E-state index contributed by atoms with van der Waals surface area (Å²) in [6.45, 7) is 0.0605. The number of rotatable bonds is 8. The molecule has 1 aromatic heterocycles. The molecule has 0 aliphatic heterocycles. The highest BCUT2D eigenvalue weighted by Gasteiger charge is 2.13. The standard InChI is InChI=1S/C25H19ClN2O4/c26-22-9-5-4-8-21(22)24(30)17-10-12-20(13-11-17)31-16-23(29)27-14-19-15-32-25(28-19)18-6-2-1-3-7-18/h1-13,15H,14,16H2,(H,27,29). The Hall–Kier alpha value is -3.90. The van der Waals surface area contributed by atoms with Gasteiger partial charge in [-0.15, -0.1) is 0 Å². The van der Waals surface area contributed by atoms with Crippen molar-refractivity contribution < 1.29 is 18.7 Å². The Morgan fingerprint density at radius 3 is 2.41 bits per heavy atom. The highest BCUT2D eigenvalue weighted by atomic mass is 35.5. The third-order valence-electron chi connectivity index (χ3n) is 4.64. The zero-order chi connectivity index (χ0) is 22.3. The molecule has 0 spiro atoms. The Bertz CT molecular complexity index is 1220. The van der Waals surface area contributed by atoms with Crippen LogP contribution in [0, 0.1) is 0 Å². The van der Waals surface area contributed by atoms with Crippen LogP contribution in [0.5, 0.6) is 5.75 Å². The summed E-state index contributed by atoms with van der Waals surface area (Å²) < 4.78 is 11.0. The number of ether oxygens (including phenoxy) is 1. The van der Waals surface area contributed by atoms with Gasteiger partial charge in [0.15, 0.2) is 12.4 Å². The topological polar surface area (TPSA) is 81.4 Å². The second-order valence-corrected chi connectivity index (χ2v) is 7.32. The SMILES string of the molecule is O=C(COc1ccc(C(=O)c2ccccc2Cl)cc1)NCc1coc(-c2ccccc2)n1. The predicted molar refractivity (Wildman–Crippen MR) is 121 cm³/mol. The molecule has 0 aliphatic rings. The molecular formula is C25H19ClN2O4. The van der Waals surface area contributed by atoms with Gasteiger partial charge >= 0.3 is 0 Å². The number of carbonyl (C=O) groups excluding carboxylic acids is 2. The molecule has 0 saturated heterocycles. The third kappa shape index (κ3) is 5.22. The average molecular weight is 447 g/mol. The second kappa shape index (κ2) is 9.94. The molecule has 7 heteroatoms. The monoisotopic (exact) mass is 446 g/mol. The summed E-state index contributed by atoms with van der Waals surface area (Å²) >= 11 is 6.09. The number of carbonyl (C=O) groups is 2. The van der Waals surface area contributed by atoms with Gasteiger partial charge in [0.25, 0.3) is 5.91 Å². The lowest BCUT2D eigenvalue weighted by Gasteiger charge is -2.08. The maximum atomic E-state index is 12.6. The van der Waals surface area contributed by atoms with Crippen LogP contribution in [0.3, 0.4) is 0 Å². The highest BCUT2D eigenvalue weighted by molar-refractivity contribution is 6.34. The molecule has 0 atom stereocenters. The van der Waals surface area contributed by atoms with Crippen molar-refractivity contribution in [3.63, 3.8) is 0 Å². The first kappa shape index (κ1) is 21.3. The van der Waals surface area contributed by atoms with Crippen LogP contribution in [-0.4, -0.2) is 23.3 Å². The maximum Gasteiger partial charge on any atom is 0.258 e. The van der Waals surface area contributed by atoms with E-state index in [0.717, 1.165) is 5.56 Å². The van der Waals surface area contributed by atoms with E-state index in [2.05, 4.69) is 10.3 Å². The summed E-state index contributed by atoms with van der Waals surface area (Å²) in [5, 5.41) is 3.14. The lowest BCUT2D eigenvalue weighted by molar-refractivity contribution is -0.123. The first-order valence-corrected chi connectivity index (χ1v) is 10.3. The average Bonchev–Trinajstić information content (AvgIpc) is 3.31. The zero-order valence-corrected chi connectivity index (χ0v) is 17.7. The summed E-state index contributed by atoms with van der Waals surface area (Å²) in [5.41, 5.74) is 2.39. The molecule has 1 heterocycles. The van der Waals surface area contributed by atoms with Crippen LogP contribution >= 0.6 is 11.6 Å². The van der Waals surface area contributed by atoms with Gasteiger partial charge in [0.05, 0.1) is 17.3 Å². The second-order valence-electron chi connectivity index (χ2n) is 6.91. The number of oxazole rings is 1. The van der Waals surface area contributed by atoms with Crippen molar-refractivity contribution in [3.8, 4) is 17.2 Å². The Balaban J connectivity index is 1.27. The fourth-order valence-electron chi connectivity index (χ4n) is 2.99. The smallest absolute Gasteiger partial charge is 0.258 e. The van der Waals surface area contributed by atoms with Crippen molar-refractivity contribution >= 4 is 23.3 Å². The van der Waals surface area contributed by atoms with Crippen LogP contribution in [0.4, 0.5) is 0 Å². The fourth-order valence-corrected chi connectivity index (χ4v) is 3.22. The molecule has 0 aliphatic carbocycles. The van der Waals surface area contributed by atoms with Crippen LogP contribution in [0.2, 0.25) is 5.02 Å². The summed E-state index contributed by atoms with van der Waals surface area (Å²) in [4.78, 5) is 29.0. The minimum atomic E-state index is -0.300. The van der Waals surface area contributed by atoms with Gasteiger partial charge in [0, 0.05) is 16.7 Å². The molecule has 0 radical (unpaired) electrons. The molecule has 6 nitrogen and oxygen atoms in total. The van der Waals surface area contributed by atoms with Gasteiger partial charge < -0.3 is 14.5 Å². The quantitative estimate of drug-likeness (QED) is 0.388. The summed E-state index contributed by atoms with van der Waals surface area (Å²) in [6.07, 6.45) is 1.51. The molecule has 32 heavy (non-hydrogen) atoms. The zero-order valence-electron chi connectivity index (χ0n) is 17.0. The van der Waals surface area contributed by atoms with Crippen molar-refractivity contribution in [2.24, 2.45) is 0 Å². The minimum absolute atomic E-state index is 0.165. The molecule has 1 N–H and O–H groups in total. The van der Waals surface area contributed by atoms with Gasteiger partial charge in [-0.2, -0.15) is 0 Å². The Labute approximate surface area is 189 Å². The summed E-state index contributed by atoms with van der Waals surface area (Å²) in [5.74, 6) is 0.494. The van der Waals surface area contributed by atoms with E-state index >= 15 is 0 Å². The summed E-state index contributed by atoms with van der Waals surface area (Å²) in [7, 11) is 0. The van der Waals surface area contributed by atoms with Crippen molar-refractivity contribution in [2.75, 3.05) is 6.61 Å². The van der Waals surface area contributed by atoms with Crippen LogP contribution in [-0.2, 0) is 11.3 Å². The van der Waals surface area contributed by atoms with E-state index in [-0.39, 0.29) is 24.8 Å².